The van der Waals surface area contributed by atoms with Gasteiger partial charge in [0.1, 0.15) is 0 Å². The summed E-state index contributed by atoms with van der Waals surface area (Å²) in [6.07, 6.45) is 4.33. The maximum absolute atomic E-state index is 12.5. The van der Waals surface area contributed by atoms with E-state index in [0.29, 0.717) is 5.56 Å². The van der Waals surface area contributed by atoms with Gasteiger partial charge in [0.05, 0.1) is 5.60 Å². The lowest BCUT2D eigenvalue weighted by molar-refractivity contribution is 0.0761. The standard InChI is InChI=1S/C15H23NO2/c1-10(2)16-13-8-6-5-7-11(13)9-12(14(16)17)15(3,4)18/h9-10,18H,5-8H2,1-4H3. The Morgan fingerprint density at radius 2 is 1.89 bits per heavy atom. The number of hydrogen-bond acceptors (Lipinski definition) is 2. The third kappa shape index (κ3) is 2.24. The summed E-state index contributed by atoms with van der Waals surface area (Å²) in [7, 11) is 0. The Balaban J connectivity index is 2.73. The van der Waals surface area contributed by atoms with Crippen molar-refractivity contribution in [2.24, 2.45) is 0 Å². The first-order valence-electron chi connectivity index (χ1n) is 6.82. The fourth-order valence-electron chi connectivity index (χ4n) is 2.82. The minimum atomic E-state index is -1.07. The van der Waals surface area contributed by atoms with E-state index in [-0.39, 0.29) is 11.6 Å². The molecule has 2 rings (SSSR count). The van der Waals surface area contributed by atoms with Gasteiger partial charge in [-0.3, -0.25) is 4.79 Å². The van der Waals surface area contributed by atoms with Crippen LogP contribution in [-0.2, 0) is 18.4 Å². The molecule has 3 heteroatoms. The highest BCUT2D eigenvalue weighted by Gasteiger charge is 2.26. The van der Waals surface area contributed by atoms with Crippen LogP contribution in [0.3, 0.4) is 0 Å². The first-order valence-corrected chi connectivity index (χ1v) is 6.82. The molecule has 0 bridgehead atoms. The Bertz CT molecular complexity index is 506. The number of aryl methyl sites for hydroxylation is 1. The molecule has 18 heavy (non-hydrogen) atoms. The Kier molecular flexibility index (Phi) is 3.37. The summed E-state index contributed by atoms with van der Waals surface area (Å²) in [6.45, 7) is 7.43. The minimum absolute atomic E-state index is 0.0295. The Morgan fingerprint density at radius 1 is 1.28 bits per heavy atom. The smallest absolute Gasteiger partial charge is 0.257 e. The first kappa shape index (κ1) is 13.3. The van der Waals surface area contributed by atoms with Crippen LogP contribution in [0.25, 0.3) is 0 Å². The molecular weight excluding hydrogens is 226 g/mol. The topological polar surface area (TPSA) is 42.2 Å². The molecule has 0 amide bonds. The molecule has 1 N–H and O–H groups in total. The largest absolute Gasteiger partial charge is 0.386 e. The van der Waals surface area contributed by atoms with Crippen molar-refractivity contribution in [3.05, 3.63) is 33.2 Å². The Hall–Kier alpha value is -1.09. The second kappa shape index (κ2) is 4.54. The maximum atomic E-state index is 12.5. The number of hydrogen-bond donors (Lipinski definition) is 1. The second-order valence-corrected chi connectivity index (χ2v) is 6.06. The number of rotatable bonds is 2. The van der Waals surface area contributed by atoms with E-state index in [2.05, 4.69) is 0 Å². The molecule has 1 aliphatic rings. The van der Waals surface area contributed by atoms with E-state index in [0.717, 1.165) is 19.3 Å². The molecule has 0 radical (unpaired) electrons. The van der Waals surface area contributed by atoms with Gasteiger partial charge in [-0.2, -0.15) is 0 Å². The van der Waals surface area contributed by atoms with Gasteiger partial charge in [0.2, 0.25) is 0 Å². The van der Waals surface area contributed by atoms with Gasteiger partial charge in [-0.1, -0.05) is 0 Å². The summed E-state index contributed by atoms with van der Waals surface area (Å²) in [4.78, 5) is 12.5. The molecule has 1 aromatic rings. The molecule has 1 heterocycles. The van der Waals surface area contributed by atoms with E-state index in [9.17, 15) is 9.90 Å². The van der Waals surface area contributed by atoms with Crippen LogP contribution in [0.5, 0.6) is 0 Å². The minimum Gasteiger partial charge on any atom is -0.386 e. The van der Waals surface area contributed by atoms with Crippen molar-refractivity contribution in [2.45, 2.75) is 65.0 Å². The molecule has 0 fully saturated rings. The molecule has 0 aliphatic heterocycles. The molecular formula is C15H23NO2. The van der Waals surface area contributed by atoms with Crippen molar-refractivity contribution in [3.8, 4) is 0 Å². The fourth-order valence-corrected chi connectivity index (χ4v) is 2.82. The fraction of sp³-hybridized carbons (Fsp3) is 0.667. The van der Waals surface area contributed by atoms with Crippen LogP contribution < -0.4 is 5.56 Å². The highest BCUT2D eigenvalue weighted by molar-refractivity contribution is 5.32. The van der Waals surface area contributed by atoms with Crippen molar-refractivity contribution < 1.29 is 5.11 Å². The lowest BCUT2D eigenvalue weighted by atomic mass is 9.90. The molecule has 100 valence electrons. The molecule has 0 spiro atoms. The van der Waals surface area contributed by atoms with Gasteiger partial charge in [0.15, 0.2) is 0 Å². The van der Waals surface area contributed by atoms with E-state index >= 15 is 0 Å². The number of nitrogens with zero attached hydrogens (tertiary/aromatic N) is 1. The molecule has 0 atom stereocenters. The molecule has 0 unspecified atom stereocenters. The Morgan fingerprint density at radius 3 is 2.44 bits per heavy atom. The molecule has 1 aliphatic carbocycles. The van der Waals surface area contributed by atoms with Crippen molar-refractivity contribution in [2.75, 3.05) is 0 Å². The van der Waals surface area contributed by atoms with Crippen molar-refractivity contribution in [3.63, 3.8) is 0 Å². The normalized spacial score (nSPS) is 15.9. The average molecular weight is 249 g/mol. The maximum Gasteiger partial charge on any atom is 0.257 e. The summed E-state index contributed by atoms with van der Waals surface area (Å²) in [6, 6.07) is 2.07. The van der Waals surface area contributed by atoms with E-state index < -0.39 is 5.60 Å². The third-order valence-electron chi connectivity index (χ3n) is 3.71. The molecule has 0 saturated heterocycles. The van der Waals surface area contributed by atoms with Crippen LogP contribution in [-0.4, -0.2) is 9.67 Å². The Labute approximate surface area is 108 Å². The zero-order valence-electron chi connectivity index (χ0n) is 11.8. The highest BCUT2D eigenvalue weighted by Crippen LogP contribution is 2.26. The zero-order valence-corrected chi connectivity index (χ0v) is 11.8. The zero-order chi connectivity index (χ0) is 13.5. The van der Waals surface area contributed by atoms with E-state index in [1.807, 2.05) is 24.5 Å². The van der Waals surface area contributed by atoms with E-state index in [1.54, 1.807) is 13.8 Å². The quantitative estimate of drug-likeness (QED) is 0.875. The van der Waals surface area contributed by atoms with E-state index in [1.165, 1.54) is 17.7 Å². The summed E-state index contributed by atoms with van der Waals surface area (Å²) in [5.74, 6) is 0. The van der Waals surface area contributed by atoms with Gasteiger partial charge in [-0.25, -0.2) is 0 Å². The number of pyridine rings is 1. The van der Waals surface area contributed by atoms with Gasteiger partial charge in [-0.15, -0.1) is 0 Å². The van der Waals surface area contributed by atoms with Crippen LogP contribution in [0.1, 0.15) is 63.4 Å². The highest BCUT2D eigenvalue weighted by atomic mass is 16.3. The van der Waals surface area contributed by atoms with Crippen molar-refractivity contribution in [1.29, 1.82) is 0 Å². The van der Waals surface area contributed by atoms with Crippen LogP contribution in [0.4, 0.5) is 0 Å². The van der Waals surface area contributed by atoms with Gasteiger partial charge in [0.25, 0.3) is 5.56 Å². The molecule has 3 nitrogen and oxygen atoms in total. The molecule has 0 saturated carbocycles. The third-order valence-corrected chi connectivity index (χ3v) is 3.71. The van der Waals surface area contributed by atoms with Crippen molar-refractivity contribution >= 4 is 0 Å². The van der Waals surface area contributed by atoms with Crippen LogP contribution in [0, 0.1) is 0 Å². The number of fused-ring (bicyclic) bond motifs is 1. The van der Waals surface area contributed by atoms with Crippen LogP contribution >= 0.6 is 0 Å². The second-order valence-electron chi connectivity index (χ2n) is 6.06. The SMILES string of the molecule is CC(C)n1c2c(cc(C(C)(C)O)c1=O)CCCC2. The van der Waals surface area contributed by atoms with Crippen LogP contribution in [0.2, 0.25) is 0 Å². The summed E-state index contributed by atoms with van der Waals surface area (Å²) in [5, 5.41) is 10.2. The predicted molar refractivity (Wildman–Crippen MR) is 73.0 cm³/mol. The lowest BCUT2D eigenvalue weighted by Crippen LogP contribution is -2.36. The monoisotopic (exact) mass is 249 g/mol. The summed E-state index contributed by atoms with van der Waals surface area (Å²) >= 11 is 0. The van der Waals surface area contributed by atoms with Gasteiger partial charge in [-0.05, 0) is 65.0 Å². The van der Waals surface area contributed by atoms with Crippen molar-refractivity contribution in [1.82, 2.24) is 4.57 Å². The first-order chi connectivity index (χ1) is 8.32. The molecule has 0 aromatic carbocycles. The van der Waals surface area contributed by atoms with Crippen LogP contribution in [0.15, 0.2) is 10.9 Å². The summed E-state index contributed by atoms with van der Waals surface area (Å²) < 4.78 is 1.88. The summed E-state index contributed by atoms with van der Waals surface area (Å²) in [5.41, 5.74) is 1.84. The predicted octanol–water partition coefficient (Wildman–Crippen LogP) is 2.54. The van der Waals surface area contributed by atoms with E-state index in [4.69, 9.17) is 0 Å². The number of aliphatic hydroxyl groups is 1. The van der Waals surface area contributed by atoms with Gasteiger partial charge in [0, 0.05) is 17.3 Å². The van der Waals surface area contributed by atoms with Gasteiger partial charge >= 0.3 is 0 Å². The number of aromatic nitrogens is 1. The van der Waals surface area contributed by atoms with Gasteiger partial charge < -0.3 is 9.67 Å². The average Bonchev–Trinajstić information content (AvgIpc) is 2.26. The molecule has 1 aromatic heterocycles. The lowest BCUT2D eigenvalue weighted by Gasteiger charge is -2.27.